The number of thiazole rings is 1. The number of hydrogen-bond acceptors (Lipinski definition) is 4. The van der Waals surface area contributed by atoms with E-state index in [0.29, 0.717) is 23.7 Å². The van der Waals surface area contributed by atoms with Crippen molar-refractivity contribution < 1.29 is 18.7 Å². The van der Waals surface area contributed by atoms with Gasteiger partial charge in [-0.1, -0.05) is 11.6 Å². The minimum Gasteiger partial charge on any atom is -0.481 e. The third kappa shape index (κ3) is 2.58. The molecule has 1 aliphatic carbocycles. The molecule has 1 unspecified atom stereocenters. The summed E-state index contributed by atoms with van der Waals surface area (Å²) in [7, 11) is 0. The molecule has 0 saturated carbocycles. The maximum Gasteiger partial charge on any atom is 0.312 e. The SMILES string of the molecule is O=C(O)C1CCc2sc(Nc3c(F)cc(F)cc3Cl)nc21. The smallest absolute Gasteiger partial charge is 0.312 e. The highest BCUT2D eigenvalue weighted by Gasteiger charge is 2.32. The average molecular weight is 331 g/mol. The van der Waals surface area contributed by atoms with Crippen molar-refractivity contribution >= 4 is 39.7 Å². The fourth-order valence-electron chi connectivity index (χ4n) is 2.29. The Hall–Kier alpha value is -1.73. The van der Waals surface area contributed by atoms with Gasteiger partial charge in [-0.15, -0.1) is 11.3 Å². The van der Waals surface area contributed by atoms with E-state index in [1.807, 2.05) is 0 Å². The van der Waals surface area contributed by atoms with E-state index in [0.717, 1.165) is 17.0 Å². The number of benzene rings is 1. The Morgan fingerprint density at radius 3 is 2.90 bits per heavy atom. The number of aryl methyl sites for hydroxylation is 1. The van der Waals surface area contributed by atoms with Gasteiger partial charge in [0.2, 0.25) is 0 Å². The first-order valence-corrected chi connectivity index (χ1v) is 7.29. The summed E-state index contributed by atoms with van der Waals surface area (Å²) in [6.07, 6.45) is 1.15. The summed E-state index contributed by atoms with van der Waals surface area (Å²) < 4.78 is 26.7. The zero-order valence-corrected chi connectivity index (χ0v) is 12.1. The molecule has 0 spiro atoms. The molecule has 0 amide bonds. The third-order valence-electron chi connectivity index (χ3n) is 3.25. The summed E-state index contributed by atoms with van der Waals surface area (Å²) in [4.78, 5) is 16.2. The van der Waals surface area contributed by atoms with E-state index in [-0.39, 0.29) is 10.7 Å². The van der Waals surface area contributed by atoms with Crippen LogP contribution in [0.4, 0.5) is 19.6 Å². The van der Waals surface area contributed by atoms with E-state index in [1.54, 1.807) is 0 Å². The van der Waals surface area contributed by atoms with Gasteiger partial charge in [0.25, 0.3) is 0 Å². The van der Waals surface area contributed by atoms with Crippen LogP contribution < -0.4 is 5.32 Å². The maximum absolute atomic E-state index is 13.7. The standard InChI is InChI=1S/C13H9ClF2N2O2S/c14-7-3-5(15)4-8(16)11(7)18-13-17-10-6(12(19)20)1-2-9(10)21-13/h3-4,6H,1-2H2,(H,17,18)(H,19,20). The first-order chi connectivity index (χ1) is 9.95. The lowest BCUT2D eigenvalue weighted by Gasteiger charge is -2.07. The Balaban J connectivity index is 1.91. The first kappa shape index (κ1) is 14.2. The van der Waals surface area contributed by atoms with Gasteiger partial charge in [-0.2, -0.15) is 0 Å². The largest absolute Gasteiger partial charge is 0.481 e. The number of anilines is 2. The second-order valence-electron chi connectivity index (χ2n) is 4.63. The summed E-state index contributed by atoms with van der Waals surface area (Å²) in [5, 5.41) is 12.0. The zero-order valence-electron chi connectivity index (χ0n) is 10.5. The quantitative estimate of drug-likeness (QED) is 0.895. The Morgan fingerprint density at radius 2 is 2.24 bits per heavy atom. The molecule has 0 saturated heterocycles. The summed E-state index contributed by atoms with van der Waals surface area (Å²) in [5.41, 5.74) is 0.436. The van der Waals surface area contributed by atoms with Crippen LogP contribution in [0.15, 0.2) is 12.1 Å². The molecule has 0 fully saturated rings. The minimum atomic E-state index is -0.920. The van der Waals surface area contributed by atoms with Gasteiger partial charge in [0.05, 0.1) is 16.4 Å². The second-order valence-corrected chi connectivity index (χ2v) is 6.12. The lowest BCUT2D eigenvalue weighted by molar-refractivity contribution is -0.138. The predicted octanol–water partition coefficient (Wildman–Crippen LogP) is 3.93. The number of nitrogens with zero attached hydrogens (tertiary/aromatic N) is 1. The van der Waals surface area contributed by atoms with Crippen molar-refractivity contribution in [1.29, 1.82) is 0 Å². The number of aliphatic carboxylic acids is 1. The van der Waals surface area contributed by atoms with Gasteiger partial charge in [-0.3, -0.25) is 4.79 Å². The number of carboxylic acids is 1. The van der Waals surface area contributed by atoms with E-state index >= 15 is 0 Å². The van der Waals surface area contributed by atoms with Crippen molar-refractivity contribution in [2.24, 2.45) is 0 Å². The number of carbonyl (C=O) groups is 1. The molecule has 1 heterocycles. The van der Waals surface area contributed by atoms with Crippen molar-refractivity contribution in [3.63, 3.8) is 0 Å². The first-order valence-electron chi connectivity index (χ1n) is 6.09. The van der Waals surface area contributed by atoms with Crippen LogP contribution in [0.3, 0.4) is 0 Å². The van der Waals surface area contributed by atoms with Crippen molar-refractivity contribution in [2.45, 2.75) is 18.8 Å². The number of nitrogens with one attached hydrogen (secondary N) is 1. The second kappa shape index (κ2) is 5.23. The van der Waals surface area contributed by atoms with Gasteiger partial charge >= 0.3 is 5.97 Å². The summed E-state index contributed by atoms with van der Waals surface area (Å²) in [5.74, 6) is -3.14. The van der Waals surface area contributed by atoms with Crippen LogP contribution in [0.2, 0.25) is 5.02 Å². The van der Waals surface area contributed by atoms with E-state index < -0.39 is 23.5 Å². The summed E-state index contributed by atoms with van der Waals surface area (Å²) in [6, 6.07) is 1.71. The van der Waals surface area contributed by atoms with Gasteiger partial charge in [0, 0.05) is 10.9 Å². The Bertz CT molecular complexity index is 712. The maximum atomic E-state index is 13.7. The van der Waals surface area contributed by atoms with Gasteiger partial charge < -0.3 is 10.4 Å². The highest BCUT2D eigenvalue weighted by molar-refractivity contribution is 7.15. The molecule has 2 aromatic rings. The van der Waals surface area contributed by atoms with E-state index in [1.165, 1.54) is 11.3 Å². The Kier molecular flexibility index (Phi) is 3.54. The van der Waals surface area contributed by atoms with Crippen LogP contribution in [0.1, 0.15) is 22.9 Å². The van der Waals surface area contributed by atoms with Crippen LogP contribution in [-0.4, -0.2) is 16.1 Å². The van der Waals surface area contributed by atoms with Crippen LogP contribution >= 0.6 is 22.9 Å². The monoisotopic (exact) mass is 330 g/mol. The summed E-state index contributed by atoms with van der Waals surface area (Å²) >= 11 is 7.05. The Morgan fingerprint density at radius 1 is 1.48 bits per heavy atom. The highest BCUT2D eigenvalue weighted by atomic mass is 35.5. The van der Waals surface area contributed by atoms with Gasteiger partial charge in [0.1, 0.15) is 11.7 Å². The van der Waals surface area contributed by atoms with Gasteiger partial charge in [-0.25, -0.2) is 13.8 Å². The fourth-order valence-corrected chi connectivity index (χ4v) is 3.57. The molecule has 1 atom stereocenters. The van der Waals surface area contributed by atoms with E-state index in [4.69, 9.17) is 16.7 Å². The number of halogens is 3. The van der Waals surface area contributed by atoms with Crippen LogP contribution in [0, 0.1) is 11.6 Å². The highest BCUT2D eigenvalue weighted by Crippen LogP contribution is 2.40. The molecule has 1 aromatic heterocycles. The van der Waals surface area contributed by atoms with Gasteiger partial charge in [0.15, 0.2) is 10.9 Å². The summed E-state index contributed by atoms with van der Waals surface area (Å²) in [6.45, 7) is 0. The van der Waals surface area contributed by atoms with Crippen LogP contribution in [0.5, 0.6) is 0 Å². The fraction of sp³-hybridized carbons (Fsp3) is 0.231. The molecule has 2 N–H and O–H groups in total. The predicted molar refractivity (Wildman–Crippen MR) is 75.5 cm³/mol. The molecular weight excluding hydrogens is 322 g/mol. The molecule has 0 radical (unpaired) electrons. The molecule has 3 rings (SSSR count). The van der Waals surface area contributed by atoms with E-state index in [2.05, 4.69) is 10.3 Å². The zero-order chi connectivity index (χ0) is 15.1. The number of hydrogen-bond donors (Lipinski definition) is 2. The molecule has 8 heteroatoms. The molecule has 1 aliphatic rings. The number of carboxylic acid groups (broad SMARTS) is 1. The normalized spacial score (nSPS) is 16.8. The molecule has 21 heavy (non-hydrogen) atoms. The lowest BCUT2D eigenvalue weighted by atomic mass is 10.1. The molecule has 110 valence electrons. The lowest BCUT2D eigenvalue weighted by Crippen LogP contribution is -2.08. The number of fused-ring (bicyclic) bond motifs is 1. The topological polar surface area (TPSA) is 62.2 Å². The van der Waals surface area contributed by atoms with Crippen molar-refractivity contribution in [1.82, 2.24) is 4.98 Å². The molecule has 4 nitrogen and oxygen atoms in total. The molecule has 1 aromatic carbocycles. The van der Waals surface area contributed by atoms with Crippen molar-refractivity contribution in [2.75, 3.05) is 5.32 Å². The number of aromatic nitrogens is 1. The number of rotatable bonds is 3. The third-order valence-corrected chi connectivity index (χ3v) is 4.60. The van der Waals surface area contributed by atoms with Crippen molar-refractivity contribution in [3.8, 4) is 0 Å². The minimum absolute atomic E-state index is 0.0719. The molecule has 0 bridgehead atoms. The van der Waals surface area contributed by atoms with E-state index in [9.17, 15) is 13.6 Å². The molecule has 0 aliphatic heterocycles. The Labute approximate surface area is 127 Å². The van der Waals surface area contributed by atoms with Crippen LogP contribution in [-0.2, 0) is 11.2 Å². The van der Waals surface area contributed by atoms with Gasteiger partial charge in [-0.05, 0) is 18.9 Å². The van der Waals surface area contributed by atoms with Crippen molar-refractivity contribution in [3.05, 3.63) is 39.4 Å². The molecular formula is C13H9ClF2N2O2S. The average Bonchev–Trinajstić information content (AvgIpc) is 2.92. The van der Waals surface area contributed by atoms with Crippen LogP contribution in [0.25, 0.3) is 0 Å².